The SMILES string of the molecule is S=c1nc[nH]c2ccc3ncccc3c12. The fourth-order valence-corrected chi connectivity index (χ4v) is 2.00. The highest BCUT2D eigenvalue weighted by Crippen LogP contribution is 2.22. The van der Waals surface area contributed by atoms with Gasteiger partial charge in [0.25, 0.3) is 0 Å². The Balaban J connectivity index is 2.70. The van der Waals surface area contributed by atoms with Crippen molar-refractivity contribution in [2.75, 3.05) is 0 Å². The van der Waals surface area contributed by atoms with Crippen LogP contribution in [-0.2, 0) is 0 Å². The molecule has 3 nitrogen and oxygen atoms in total. The minimum absolute atomic E-state index is 0.613. The molecule has 3 rings (SSSR count). The van der Waals surface area contributed by atoms with E-state index in [-0.39, 0.29) is 0 Å². The molecule has 0 radical (unpaired) electrons. The number of rotatable bonds is 0. The average Bonchev–Trinajstić information content (AvgIpc) is 2.29. The van der Waals surface area contributed by atoms with E-state index in [9.17, 15) is 0 Å². The maximum Gasteiger partial charge on any atom is 0.137 e. The van der Waals surface area contributed by atoms with Gasteiger partial charge in [-0.25, -0.2) is 4.98 Å². The summed E-state index contributed by atoms with van der Waals surface area (Å²) in [5.74, 6) is 0. The smallest absolute Gasteiger partial charge is 0.137 e. The summed E-state index contributed by atoms with van der Waals surface area (Å²) in [6.45, 7) is 0. The first kappa shape index (κ1) is 8.49. The van der Waals surface area contributed by atoms with Crippen molar-refractivity contribution in [2.24, 2.45) is 0 Å². The van der Waals surface area contributed by atoms with Crippen molar-refractivity contribution in [3.8, 4) is 0 Å². The highest BCUT2D eigenvalue weighted by Gasteiger charge is 2.02. The van der Waals surface area contributed by atoms with E-state index in [2.05, 4.69) is 15.0 Å². The summed E-state index contributed by atoms with van der Waals surface area (Å²) in [6.07, 6.45) is 3.39. The number of fused-ring (bicyclic) bond motifs is 3. The second kappa shape index (κ2) is 3.10. The third-order valence-corrected chi connectivity index (χ3v) is 2.71. The number of aromatic nitrogens is 3. The number of aromatic amines is 1. The Hall–Kier alpha value is -1.81. The number of benzene rings is 1. The molecule has 0 bridgehead atoms. The summed E-state index contributed by atoms with van der Waals surface area (Å²) in [5, 5.41) is 2.02. The molecule has 0 atom stereocenters. The maximum atomic E-state index is 5.22. The zero-order valence-corrected chi connectivity index (χ0v) is 8.58. The van der Waals surface area contributed by atoms with E-state index in [1.165, 1.54) is 0 Å². The minimum Gasteiger partial charge on any atom is -0.346 e. The van der Waals surface area contributed by atoms with Crippen molar-refractivity contribution >= 4 is 34.0 Å². The Morgan fingerprint density at radius 3 is 3.00 bits per heavy atom. The first-order valence-corrected chi connectivity index (χ1v) is 4.98. The first-order chi connectivity index (χ1) is 7.36. The van der Waals surface area contributed by atoms with Gasteiger partial charge < -0.3 is 4.98 Å². The van der Waals surface area contributed by atoms with Gasteiger partial charge in [0.1, 0.15) is 4.64 Å². The molecule has 2 aromatic heterocycles. The number of hydrogen-bond acceptors (Lipinski definition) is 3. The summed E-state index contributed by atoms with van der Waals surface area (Å²) < 4.78 is 0.613. The van der Waals surface area contributed by atoms with E-state index < -0.39 is 0 Å². The van der Waals surface area contributed by atoms with E-state index in [4.69, 9.17) is 12.2 Å². The van der Waals surface area contributed by atoms with E-state index in [0.717, 1.165) is 21.8 Å². The largest absolute Gasteiger partial charge is 0.346 e. The Morgan fingerprint density at radius 2 is 2.07 bits per heavy atom. The van der Waals surface area contributed by atoms with Gasteiger partial charge in [-0.05, 0) is 18.2 Å². The molecule has 0 saturated heterocycles. The third-order valence-electron chi connectivity index (χ3n) is 2.40. The topological polar surface area (TPSA) is 41.6 Å². The van der Waals surface area contributed by atoms with Crippen LogP contribution < -0.4 is 0 Å². The second-order valence-corrected chi connectivity index (χ2v) is 3.65. The van der Waals surface area contributed by atoms with Crippen LogP contribution >= 0.6 is 12.2 Å². The molecule has 0 amide bonds. The quantitative estimate of drug-likeness (QED) is 0.461. The molecule has 0 aliphatic heterocycles. The lowest BCUT2D eigenvalue weighted by Crippen LogP contribution is -1.86. The number of hydrogen-bond donors (Lipinski definition) is 1. The van der Waals surface area contributed by atoms with Crippen LogP contribution in [0.25, 0.3) is 21.8 Å². The molecular formula is C11H7N3S. The molecule has 3 aromatic rings. The fourth-order valence-electron chi connectivity index (χ4n) is 1.73. The molecule has 4 heteroatoms. The zero-order chi connectivity index (χ0) is 10.3. The summed E-state index contributed by atoms with van der Waals surface area (Å²) in [6, 6.07) is 7.87. The van der Waals surface area contributed by atoms with Crippen LogP contribution in [0, 0.1) is 4.64 Å². The first-order valence-electron chi connectivity index (χ1n) is 4.57. The lowest BCUT2D eigenvalue weighted by atomic mass is 10.1. The number of H-pyrrole nitrogens is 1. The highest BCUT2D eigenvalue weighted by atomic mass is 32.1. The van der Waals surface area contributed by atoms with Gasteiger partial charge in [-0.3, -0.25) is 4.98 Å². The van der Waals surface area contributed by atoms with Crippen LogP contribution in [-0.4, -0.2) is 15.0 Å². The lowest BCUT2D eigenvalue weighted by molar-refractivity contribution is 1.21. The molecular weight excluding hydrogens is 206 g/mol. The minimum atomic E-state index is 0.613. The van der Waals surface area contributed by atoms with Gasteiger partial charge in [-0.15, -0.1) is 0 Å². The Kier molecular flexibility index (Phi) is 1.76. The van der Waals surface area contributed by atoms with Crippen molar-refractivity contribution in [3.63, 3.8) is 0 Å². The molecule has 72 valence electrons. The molecule has 0 fully saturated rings. The van der Waals surface area contributed by atoms with E-state index in [0.29, 0.717) is 4.64 Å². The van der Waals surface area contributed by atoms with Crippen molar-refractivity contribution < 1.29 is 0 Å². The van der Waals surface area contributed by atoms with Crippen LogP contribution in [0.3, 0.4) is 0 Å². The second-order valence-electron chi connectivity index (χ2n) is 3.27. The summed E-state index contributed by atoms with van der Waals surface area (Å²) in [5.41, 5.74) is 1.94. The number of pyridine rings is 1. The fraction of sp³-hybridized carbons (Fsp3) is 0. The van der Waals surface area contributed by atoms with Gasteiger partial charge in [-0.1, -0.05) is 18.3 Å². The van der Waals surface area contributed by atoms with Crippen molar-refractivity contribution in [2.45, 2.75) is 0 Å². The summed E-state index contributed by atoms with van der Waals surface area (Å²) in [4.78, 5) is 11.5. The lowest BCUT2D eigenvalue weighted by Gasteiger charge is -2.01. The van der Waals surface area contributed by atoms with Crippen molar-refractivity contribution in [1.29, 1.82) is 0 Å². The normalized spacial score (nSPS) is 10.9. The summed E-state index contributed by atoms with van der Waals surface area (Å²) >= 11 is 5.22. The predicted molar refractivity (Wildman–Crippen MR) is 62.2 cm³/mol. The van der Waals surface area contributed by atoms with E-state index >= 15 is 0 Å². The summed E-state index contributed by atoms with van der Waals surface area (Å²) in [7, 11) is 0. The van der Waals surface area contributed by atoms with Crippen LogP contribution in [0.2, 0.25) is 0 Å². The standard InChI is InChI=1S/C11H7N3S/c15-11-10-7-2-1-5-12-8(7)3-4-9(10)13-6-14-11/h1-6H,(H,13,14,15). The van der Waals surface area contributed by atoms with Crippen molar-refractivity contribution in [1.82, 2.24) is 15.0 Å². The maximum absolute atomic E-state index is 5.22. The molecule has 0 unspecified atom stereocenters. The monoisotopic (exact) mass is 213 g/mol. The molecule has 2 heterocycles. The van der Waals surface area contributed by atoms with Crippen LogP contribution in [0.5, 0.6) is 0 Å². The molecule has 1 aromatic carbocycles. The molecule has 0 spiro atoms. The van der Waals surface area contributed by atoms with E-state index in [1.807, 2.05) is 24.3 Å². The Morgan fingerprint density at radius 1 is 1.13 bits per heavy atom. The van der Waals surface area contributed by atoms with E-state index in [1.54, 1.807) is 12.5 Å². The molecule has 0 aliphatic rings. The predicted octanol–water partition coefficient (Wildman–Crippen LogP) is 2.84. The van der Waals surface area contributed by atoms with Gasteiger partial charge in [0.2, 0.25) is 0 Å². The molecule has 0 saturated carbocycles. The zero-order valence-electron chi connectivity index (χ0n) is 7.77. The number of nitrogens with zero attached hydrogens (tertiary/aromatic N) is 2. The highest BCUT2D eigenvalue weighted by molar-refractivity contribution is 7.71. The molecule has 0 aliphatic carbocycles. The van der Waals surface area contributed by atoms with Gasteiger partial charge in [0.05, 0.1) is 17.4 Å². The molecule has 1 N–H and O–H groups in total. The van der Waals surface area contributed by atoms with Gasteiger partial charge >= 0.3 is 0 Å². The Bertz CT molecular complexity index is 703. The van der Waals surface area contributed by atoms with Gasteiger partial charge in [-0.2, -0.15) is 0 Å². The van der Waals surface area contributed by atoms with Gasteiger partial charge in [0, 0.05) is 17.0 Å². The molecule has 15 heavy (non-hydrogen) atoms. The van der Waals surface area contributed by atoms with Crippen LogP contribution in [0.4, 0.5) is 0 Å². The third kappa shape index (κ3) is 1.22. The average molecular weight is 213 g/mol. The Labute approximate surface area is 90.8 Å². The van der Waals surface area contributed by atoms with Crippen molar-refractivity contribution in [3.05, 3.63) is 41.4 Å². The number of nitrogens with one attached hydrogen (secondary N) is 1. The van der Waals surface area contributed by atoms with Crippen LogP contribution in [0.15, 0.2) is 36.8 Å². The van der Waals surface area contributed by atoms with Gasteiger partial charge in [0.15, 0.2) is 0 Å². The van der Waals surface area contributed by atoms with Crippen LogP contribution in [0.1, 0.15) is 0 Å².